The molecule has 6 heteroatoms. The van der Waals surface area contributed by atoms with Crippen molar-refractivity contribution in [1.82, 2.24) is 9.80 Å². The first-order valence-electron chi connectivity index (χ1n) is 9.88. The Bertz CT molecular complexity index is 865. The minimum absolute atomic E-state index is 0.152. The van der Waals surface area contributed by atoms with Gasteiger partial charge in [-0.05, 0) is 63.1 Å². The van der Waals surface area contributed by atoms with Gasteiger partial charge in [0.25, 0.3) is 0 Å². The number of halogens is 1. The Hall–Kier alpha value is -2.34. The lowest BCUT2D eigenvalue weighted by molar-refractivity contribution is -0.146. The first kappa shape index (κ1) is 19.0. The molecule has 5 nitrogen and oxygen atoms in total. The summed E-state index contributed by atoms with van der Waals surface area (Å²) in [7, 11) is 1.56. The number of piperidine rings is 1. The number of rotatable bonds is 5. The van der Waals surface area contributed by atoms with Crippen molar-refractivity contribution in [3.8, 4) is 5.75 Å². The number of carbonyl (C=O) groups is 1. The second kappa shape index (κ2) is 7.59. The Morgan fingerprint density at radius 1 is 1.18 bits per heavy atom. The smallest absolute Gasteiger partial charge is 0.230 e. The summed E-state index contributed by atoms with van der Waals surface area (Å²) in [6.45, 7) is 5.26. The van der Waals surface area contributed by atoms with Crippen molar-refractivity contribution in [2.75, 3.05) is 26.7 Å². The Morgan fingerprint density at radius 2 is 2.04 bits per heavy atom. The maximum absolute atomic E-state index is 14.3. The second-order valence-electron chi connectivity index (χ2n) is 8.04. The lowest BCUT2D eigenvalue weighted by atomic mass is 9.78. The van der Waals surface area contributed by atoms with Crippen molar-refractivity contribution in [1.29, 1.82) is 0 Å². The van der Waals surface area contributed by atoms with E-state index in [-0.39, 0.29) is 17.1 Å². The standard InChI is InChI=1S/C22H27FN2O3/c1-16-4-5-19(28-16)14-24-11-9-22(15-24)8-3-10-25(21(22)26)13-17-12-18(27-2)6-7-20(17)23/h4-7,12H,3,8-11,13-15H2,1-2H3. The van der Waals surface area contributed by atoms with Crippen LogP contribution in [0.1, 0.15) is 36.3 Å². The van der Waals surface area contributed by atoms with Gasteiger partial charge in [0.1, 0.15) is 23.1 Å². The molecule has 1 atom stereocenters. The molecule has 1 aromatic heterocycles. The van der Waals surface area contributed by atoms with Crippen molar-refractivity contribution in [3.63, 3.8) is 0 Å². The van der Waals surface area contributed by atoms with Gasteiger partial charge in [-0.3, -0.25) is 9.69 Å². The molecular formula is C22H27FN2O3. The number of carbonyl (C=O) groups excluding carboxylic acids is 1. The maximum atomic E-state index is 14.3. The summed E-state index contributed by atoms with van der Waals surface area (Å²) < 4.78 is 25.1. The molecule has 150 valence electrons. The number of furan rings is 1. The van der Waals surface area contributed by atoms with E-state index in [2.05, 4.69) is 4.90 Å². The van der Waals surface area contributed by atoms with E-state index in [1.54, 1.807) is 19.2 Å². The summed E-state index contributed by atoms with van der Waals surface area (Å²) in [4.78, 5) is 17.5. The van der Waals surface area contributed by atoms with Gasteiger partial charge >= 0.3 is 0 Å². The van der Waals surface area contributed by atoms with Crippen LogP contribution < -0.4 is 4.74 Å². The van der Waals surface area contributed by atoms with Crippen LogP contribution in [0.2, 0.25) is 0 Å². The average molecular weight is 386 g/mol. The average Bonchev–Trinajstić information content (AvgIpc) is 3.28. The Kier molecular flexibility index (Phi) is 5.15. The van der Waals surface area contributed by atoms with Crippen molar-refractivity contribution in [2.24, 2.45) is 5.41 Å². The third kappa shape index (κ3) is 3.65. The van der Waals surface area contributed by atoms with E-state index in [1.807, 2.05) is 24.0 Å². The Balaban J connectivity index is 1.46. The highest BCUT2D eigenvalue weighted by atomic mass is 19.1. The van der Waals surface area contributed by atoms with Gasteiger partial charge in [-0.1, -0.05) is 0 Å². The van der Waals surface area contributed by atoms with E-state index in [9.17, 15) is 9.18 Å². The number of nitrogens with zero attached hydrogens (tertiary/aromatic N) is 2. The molecule has 0 radical (unpaired) electrons. The van der Waals surface area contributed by atoms with Crippen molar-refractivity contribution in [3.05, 3.63) is 53.2 Å². The molecule has 28 heavy (non-hydrogen) atoms. The predicted molar refractivity (Wildman–Crippen MR) is 103 cm³/mol. The van der Waals surface area contributed by atoms with Gasteiger partial charge in [-0.2, -0.15) is 0 Å². The van der Waals surface area contributed by atoms with Crippen molar-refractivity contribution >= 4 is 5.91 Å². The highest BCUT2D eigenvalue weighted by Crippen LogP contribution is 2.41. The summed E-state index contributed by atoms with van der Waals surface area (Å²) in [6, 6.07) is 8.66. The van der Waals surface area contributed by atoms with Crippen LogP contribution in [0.5, 0.6) is 5.75 Å². The highest BCUT2D eigenvalue weighted by molar-refractivity contribution is 5.84. The number of methoxy groups -OCH3 is 1. The van der Waals surface area contributed by atoms with Crippen molar-refractivity contribution < 1.29 is 18.3 Å². The monoisotopic (exact) mass is 386 g/mol. The molecule has 3 heterocycles. The molecule has 0 N–H and O–H groups in total. The van der Waals surface area contributed by atoms with E-state index in [0.717, 1.165) is 50.4 Å². The molecule has 0 saturated carbocycles. The number of aryl methyl sites for hydroxylation is 1. The molecule has 2 fully saturated rings. The van der Waals surface area contributed by atoms with Crippen LogP contribution in [-0.2, 0) is 17.9 Å². The fourth-order valence-electron chi connectivity index (χ4n) is 4.57. The van der Waals surface area contributed by atoms with E-state index < -0.39 is 0 Å². The molecule has 1 unspecified atom stereocenters. The van der Waals surface area contributed by atoms with Gasteiger partial charge in [-0.25, -0.2) is 4.39 Å². The summed E-state index contributed by atoms with van der Waals surface area (Å²) in [5.74, 6) is 2.31. The van der Waals surface area contributed by atoms with Crippen LogP contribution in [-0.4, -0.2) is 42.5 Å². The van der Waals surface area contributed by atoms with E-state index in [4.69, 9.17) is 9.15 Å². The molecule has 1 spiro atoms. The second-order valence-corrected chi connectivity index (χ2v) is 8.04. The van der Waals surface area contributed by atoms with Crippen molar-refractivity contribution in [2.45, 2.75) is 39.3 Å². The molecule has 2 aliphatic rings. The lowest BCUT2D eigenvalue weighted by Gasteiger charge is -2.39. The number of hydrogen-bond donors (Lipinski definition) is 0. The number of likely N-dealkylation sites (tertiary alicyclic amines) is 2. The molecule has 0 bridgehead atoms. The fraction of sp³-hybridized carbons (Fsp3) is 0.500. The third-order valence-electron chi connectivity index (χ3n) is 6.05. The highest BCUT2D eigenvalue weighted by Gasteiger charge is 2.48. The quantitative estimate of drug-likeness (QED) is 0.785. The zero-order valence-electron chi connectivity index (χ0n) is 16.5. The molecule has 4 rings (SSSR count). The molecule has 2 saturated heterocycles. The molecule has 0 aliphatic carbocycles. The maximum Gasteiger partial charge on any atom is 0.230 e. The van der Waals surface area contributed by atoms with E-state index in [1.165, 1.54) is 6.07 Å². The first-order chi connectivity index (χ1) is 13.5. The normalized spacial score (nSPS) is 23.0. The minimum atomic E-state index is -0.352. The van der Waals surface area contributed by atoms with Gasteiger partial charge in [0, 0.05) is 25.2 Å². The molecule has 2 aromatic rings. The topological polar surface area (TPSA) is 45.9 Å². The van der Waals surface area contributed by atoms with Crippen LogP contribution in [0.4, 0.5) is 4.39 Å². The lowest BCUT2D eigenvalue weighted by Crippen LogP contribution is -2.49. The summed E-state index contributed by atoms with van der Waals surface area (Å²) in [5, 5.41) is 0. The van der Waals surface area contributed by atoms with Crippen LogP contribution in [0, 0.1) is 18.2 Å². The van der Waals surface area contributed by atoms with Gasteiger partial charge in [-0.15, -0.1) is 0 Å². The number of hydrogen-bond acceptors (Lipinski definition) is 4. The Labute approximate surface area is 165 Å². The van der Waals surface area contributed by atoms with Crippen LogP contribution in [0.3, 0.4) is 0 Å². The zero-order valence-corrected chi connectivity index (χ0v) is 16.5. The van der Waals surface area contributed by atoms with Gasteiger partial charge in [0.05, 0.1) is 19.1 Å². The zero-order chi connectivity index (χ0) is 19.7. The molecule has 2 aliphatic heterocycles. The SMILES string of the molecule is COc1ccc(F)c(CN2CCCC3(CCN(Cc4ccc(C)o4)C3)C2=O)c1. The van der Waals surface area contributed by atoms with E-state index >= 15 is 0 Å². The van der Waals surface area contributed by atoms with Crippen LogP contribution in [0.25, 0.3) is 0 Å². The minimum Gasteiger partial charge on any atom is -0.497 e. The number of benzene rings is 1. The number of ether oxygens (including phenoxy) is 1. The summed E-state index contributed by atoms with van der Waals surface area (Å²) in [6.07, 6.45) is 2.70. The van der Waals surface area contributed by atoms with Gasteiger partial charge in [0.15, 0.2) is 0 Å². The molecule has 1 amide bonds. The number of amides is 1. The van der Waals surface area contributed by atoms with Crippen LogP contribution in [0.15, 0.2) is 34.7 Å². The van der Waals surface area contributed by atoms with Gasteiger partial charge < -0.3 is 14.1 Å². The molecular weight excluding hydrogens is 359 g/mol. The van der Waals surface area contributed by atoms with E-state index in [0.29, 0.717) is 24.4 Å². The van der Waals surface area contributed by atoms with Gasteiger partial charge in [0.2, 0.25) is 5.91 Å². The summed E-state index contributed by atoms with van der Waals surface area (Å²) >= 11 is 0. The molecule has 1 aromatic carbocycles. The largest absolute Gasteiger partial charge is 0.497 e. The summed E-state index contributed by atoms with van der Waals surface area (Å²) in [5.41, 5.74) is 0.153. The third-order valence-corrected chi connectivity index (χ3v) is 6.05. The predicted octanol–water partition coefficient (Wildman–Crippen LogP) is 3.75. The van der Waals surface area contributed by atoms with Crippen LogP contribution >= 0.6 is 0 Å². The first-order valence-corrected chi connectivity index (χ1v) is 9.88. The Morgan fingerprint density at radius 3 is 2.79 bits per heavy atom. The fourth-order valence-corrected chi connectivity index (χ4v) is 4.57.